The molecule has 0 aromatic rings. The summed E-state index contributed by atoms with van der Waals surface area (Å²) in [5.74, 6) is 0. The zero-order chi connectivity index (χ0) is 4.12. The molecule has 0 aliphatic heterocycles. The van der Waals surface area contributed by atoms with Gasteiger partial charge in [-0.15, -0.1) is 0 Å². The molecule has 0 atom stereocenters. The molecule has 5 heavy (non-hydrogen) atoms. The van der Waals surface area contributed by atoms with E-state index in [0.29, 0.717) is 0 Å². The number of rotatable bonds is 2. The van der Waals surface area contributed by atoms with Crippen molar-refractivity contribution in [2.75, 3.05) is 6.54 Å². The zero-order valence-corrected chi connectivity index (χ0v) is 5.87. The maximum absolute atomic E-state index is 3.11. The second-order valence-corrected chi connectivity index (χ2v) is 1.80. The average molecular weight is 149 g/mol. The van der Waals surface area contributed by atoms with Gasteiger partial charge < -0.3 is 0 Å². The summed E-state index contributed by atoms with van der Waals surface area (Å²) in [7, 11) is 0. The monoisotopic (exact) mass is 148 g/mol. The Bertz CT molecular complexity index is 14.4. The molecule has 0 rings (SSSR count). The van der Waals surface area contributed by atoms with Crippen LogP contribution in [0.15, 0.2) is 0 Å². The van der Waals surface area contributed by atoms with Gasteiger partial charge in [0.05, 0.1) is 0 Å². The summed E-state index contributed by atoms with van der Waals surface area (Å²) in [6.07, 6.45) is 1.26. The Morgan fingerprint density at radius 1 is 1.80 bits per heavy atom. The molecule has 0 amide bonds. The third-order valence-corrected chi connectivity index (χ3v) is 0.990. The van der Waals surface area contributed by atoms with Crippen LogP contribution in [0.1, 0.15) is 13.3 Å². The minimum atomic E-state index is 1.18. The van der Waals surface area contributed by atoms with E-state index in [1.54, 1.807) is 0 Å². The predicted octanol–water partition coefficient (Wildman–Crippen LogP) is 0.448. The first-order valence-electron chi connectivity index (χ1n) is 1.81. The van der Waals surface area contributed by atoms with Crippen molar-refractivity contribution in [1.82, 2.24) is 3.26 Å². The molecule has 1 N–H and O–H groups in total. The van der Waals surface area contributed by atoms with Gasteiger partial charge in [-0.2, -0.15) is 0 Å². The molecule has 1 nitrogen and oxygen atoms in total. The van der Waals surface area contributed by atoms with Gasteiger partial charge in [0.2, 0.25) is 0 Å². The quantitative estimate of drug-likeness (QED) is 0.601. The number of hydrogen-bond acceptors (Lipinski definition) is 1. The minimum absolute atomic E-state index is 1.18. The molecule has 0 radical (unpaired) electrons. The van der Waals surface area contributed by atoms with Crippen LogP contribution in [-0.2, 0) is 25.0 Å². The van der Waals surface area contributed by atoms with Crippen LogP contribution in [-0.4, -0.2) is 6.54 Å². The van der Waals surface area contributed by atoms with Gasteiger partial charge in [-0.25, -0.2) is 0 Å². The van der Waals surface area contributed by atoms with Crippen LogP contribution in [0.5, 0.6) is 0 Å². The van der Waals surface area contributed by atoms with Crippen LogP contribution in [0.2, 0.25) is 0 Å². The van der Waals surface area contributed by atoms with Crippen molar-refractivity contribution in [3.63, 3.8) is 0 Å². The van der Waals surface area contributed by atoms with Crippen molar-refractivity contribution in [2.45, 2.75) is 13.3 Å². The third kappa shape index (κ3) is 4.84. The summed E-state index contributed by atoms with van der Waals surface area (Å²) in [4.78, 5) is 0. The first kappa shape index (κ1) is 5.84. The molecule has 0 aromatic carbocycles. The zero-order valence-electron chi connectivity index (χ0n) is 3.41. The van der Waals surface area contributed by atoms with Gasteiger partial charge in [0, 0.05) is 0 Å². The standard InChI is InChI=1S/C3H8N.Zr/c1-2-3-4;/h4H,2-3H2,1H3;/q-1;+1. The first-order valence-corrected chi connectivity index (χ1v) is 3.04. The Hall–Kier alpha value is 0.843. The first-order chi connectivity index (χ1) is 2.41. The molecule has 0 spiro atoms. The Balaban J connectivity index is 2.19. The molecule has 0 aliphatic carbocycles. The molecule has 0 fully saturated rings. The fourth-order valence-electron chi connectivity index (χ4n) is 0.125. The van der Waals surface area contributed by atoms with Gasteiger partial charge in [0.25, 0.3) is 0 Å². The molecule has 29 valence electrons. The van der Waals surface area contributed by atoms with E-state index in [-0.39, 0.29) is 0 Å². The van der Waals surface area contributed by atoms with Gasteiger partial charge in [-0.3, -0.25) is 0 Å². The van der Waals surface area contributed by atoms with Gasteiger partial charge in [0.1, 0.15) is 0 Å². The Morgan fingerprint density at radius 3 is 2.40 bits per heavy atom. The summed E-state index contributed by atoms with van der Waals surface area (Å²) >= 11 is 1.43. The Labute approximate surface area is 48.4 Å². The summed E-state index contributed by atoms with van der Waals surface area (Å²) < 4.78 is 3.11. The molecule has 0 saturated heterocycles. The Kier molecular flexibility index (Phi) is 5.66. The SMILES string of the molecule is CCC[NH][Zr]. The van der Waals surface area contributed by atoms with Crippen molar-refractivity contribution in [2.24, 2.45) is 0 Å². The summed E-state index contributed by atoms with van der Waals surface area (Å²) in [5.41, 5.74) is 0. The second kappa shape index (κ2) is 4.84. The molecule has 0 heterocycles. The topological polar surface area (TPSA) is 12.0 Å². The van der Waals surface area contributed by atoms with E-state index in [0.717, 1.165) is 0 Å². The van der Waals surface area contributed by atoms with Crippen molar-refractivity contribution in [1.29, 1.82) is 0 Å². The molecule has 0 bridgehead atoms. The third-order valence-electron chi connectivity index (χ3n) is 0.375. The molecule has 0 aliphatic rings. The van der Waals surface area contributed by atoms with Crippen molar-refractivity contribution in [3.8, 4) is 0 Å². The number of hydrogen-bond donors (Lipinski definition) is 1. The predicted molar refractivity (Wildman–Crippen MR) is 18.3 cm³/mol. The molecule has 0 saturated carbocycles. The second-order valence-electron chi connectivity index (χ2n) is 0.927. The van der Waals surface area contributed by atoms with E-state index in [1.807, 2.05) is 0 Å². The van der Waals surface area contributed by atoms with Crippen molar-refractivity contribution >= 4 is 0 Å². The van der Waals surface area contributed by atoms with Gasteiger partial charge in [-0.05, 0) is 0 Å². The van der Waals surface area contributed by atoms with E-state index in [4.69, 9.17) is 0 Å². The van der Waals surface area contributed by atoms with Gasteiger partial charge in [-0.1, -0.05) is 0 Å². The molecule has 0 unspecified atom stereocenters. The van der Waals surface area contributed by atoms with E-state index in [9.17, 15) is 0 Å². The van der Waals surface area contributed by atoms with Crippen molar-refractivity contribution < 1.29 is 25.0 Å². The fraction of sp³-hybridized carbons (Fsp3) is 1.00. The van der Waals surface area contributed by atoms with Gasteiger partial charge in [0.15, 0.2) is 0 Å². The molecule has 2 heteroatoms. The van der Waals surface area contributed by atoms with Crippen LogP contribution in [0.3, 0.4) is 0 Å². The van der Waals surface area contributed by atoms with E-state index in [2.05, 4.69) is 10.2 Å². The van der Waals surface area contributed by atoms with Crippen LogP contribution in [0, 0.1) is 0 Å². The van der Waals surface area contributed by atoms with Gasteiger partial charge >= 0.3 is 48.2 Å². The van der Waals surface area contributed by atoms with E-state index >= 15 is 0 Å². The number of nitrogens with one attached hydrogen (secondary N) is 1. The summed E-state index contributed by atoms with van der Waals surface area (Å²) in [6.45, 7) is 3.34. The van der Waals surface area contributed by atoms with Crippen LogP contribution < -0.4 is 3.26 Å². The molecule has 0 aromatic heterocycles. The maximum atomic E-state index is 3.11. The summed E-state index contributed by atoms with van der Waals surface area (Å²) in [5, 5.41) is 0. The van der Waals surface area contributed by atoms with Crippen molar-refractivity contribution in [3.05, 3.63) is 0 Å². The molecular formula is C3H8NZr. The van der Waals surface area contributed by atoms with Crippen LogP contribution in [0.25, 0.3) is 0 Å². The van der Waals surface area contributed by atoms with E-state index in [1.165, 1.54) is 38.0 Å². The van der Waals surface area contributed by atoms with Crippen LogP contribution in [0.4, 0.5) is 0 Å². The summed E-state index contributed by atoms with van der Waals surface area (Å²) in [6, 6.07) is 0. The average Bonchev–Trinajstić information content (AvgIpc) is 1.41. The van der Waals surface area contributed by atoms with E-state index < -0.39 is 0 Å². The normalized spacial score (nSPS) is 8.00. The molecular weight excluding hydrogens is 141 g/mol. The Morgan fingerprint density at radius 2 is 2.40 bits per heavy atom. The fourth-order valence-corrected chi connectivity index (χ4v) is 0.740. The van der Waals surface area contributed by atoms with Crippen LogP contribution >= 0.6 is 0 Å².